The van der Waals surface area contributed by atoms with Crippen LogP contribution < -0.4 is 0 Å². The molecule has 0 N–H and O–H groups in total. The van der Waals surface area contributed by atoms with E-state index in [0.29, 0.717) is 0 Å². The van der Waals surface area contributed by atoms with Crippen LogP contribution in [0.2, 0.25) is 0 Å². The summed E-state index contributed by atoms with van der Waals surface area (Å²) in [6, 6.07) is 1.77. The van der Waals surface area contributed by atoms with Gasteiger partial charge in [0.15, 0.2) is 0 Å². The average Bonchev–Trinajstić information content (AvgIpc) is 1.91. The molecule has 0 fully saturated rings. The van der Waals surface area contributed by atoms with Crippen molar-refractivity contribution in [2.45, 2.75) is 0 Å². The second-order valence-corrected chi connectivity index (χ2v) is 1.09. The Morgan fingerprint density at radius 2 is 2.20 bits per heavy atom. The first kappa shape index (κ1) is 11.4. The normalized spacial score (nSPS) is 6.40. The Bertz CT molecular complexity index is 137. The van der Waals surface area contributed by atoms with Crippen LogP contribution >= 0.6 is 0 Å². The third-order valence-corrected chi connectivity index (χ3v) is 0.375. The lowest BCUT2D eigenvalue weighted by molar-refractivity contribution is -0.469. The number of nitriles is 1. The maximum Gasteiger partial charge on any atom is 0.204 e. The van der Waals surface area contributed by atoms with Gasteiger partial charge in [-0.15, -0.1) is 6.58 Å². The highest BCUT2D eigenvalue weighted by Gasteiger charge is 1.77. The highest BCUT2D eigenvalue weighted by Crippen LogP contribution is 1.65. The molecule has 0 aliphatic heterocycles. The van der Waals surface area contributed by atoms with Gasteiger partial charge in [0.05, 0.1) is 12.5 Å². The van der Waals surface area contributed by atoms with Crippen LogP contribution in [0.4, 0.5) is 0 Å². The first-order valence-electron chi connectivity index (χ1n) is 2.44. The predicted molar refractivity (Wildman–Crippen MR) is 37.3 cm³/mol. The van der Waals surface area contributed by atoms with Crippen LogP contribution in [0.3, 0.4) is 0 Å². The molecular formula is C6H8N2O2. The molecular weight excluding hydrogens is 132 g/mol. The van der Waals surface area contributed by atoms with Crippen LogP contribution in [0.15, 0.2) is 12.7 Å². The van der Waals surface area contributed by atoms with Crippen molar-refractivity contribution in [1.29, 1.82) is 5.26 Å². The fraction of sp³-hybridized carbons (Fsp3) is 0.167. The Kier molecular flexibility index (Phi) is 12.1. The summed E-state index contributed by atoms with van der Waals surface area (Å²) in [6.07, 6.45) is 2.76. The van der Waals surface area contributed by atoms with E-state index in [-0.39, 0.29) is 6.54 Å². The molecule has 0 saturated heterocycles. The molecule has 0 rings (SSSR count). The molecule has 0 atom stereocenters. The van der Waals surface area contributed by atoms with E-state index < -0.39 is 4.92 Å². The van der Waals surface area contributed by atoms with E-state index in [1.807, 2.05) is 0 Å². The van der Waals surface area contributed by atoms with E-state index in [2.05, 4.69) is 13.5 Å². The van der Waals surface area contributed by atoms with Crippen molar-refractivity contribution in [2.24, 2.45) is 0 Å². The van der Waals surface area contributed by atoms with Gasteiger partial charge in [0.25, 0.3) is 0 Å². The summed E-state index contributed by atoms with van der Waals surface area (Å²) < 4.78 is 0. The minimum Gasteiger partial charge on any atom is -0.265 e. The van der Waals surface area contributed by atoms with E-state index in [1.54, 1.807) is 6.07 Å². The number of hydrogen-bond donors (Lipinski definition) is 0. The summed E-state index contributed by atoms with van der Waals surface area (Å²) in [5.41, 5.74) is 0. The summed E-state index contributed by atoms with van der Waals surface area (Å²) in [4.78, 5) is 8.62. The molecule has 4 nitrogen and oxygen atoms in total. The van der Waals surface area contributed by atoms with Gasteiger partial charge in [-0.25, -0.2) is 0 Å². The summed E-state index contributed by atoms with van der Waals surface area (Å²) in [5, 5.41) is 16.8. The highest BCUT2D eigenvalue weighted by molar-refractivity contribution is 5.04. The van der Waals surface area contributed by atoms with Crippen LogP contribution in [0, 0.1) is 34.8 Å². The Morgan fingerprint density at radius 1 is 1.80 bits per heavy atom. The van der Waals surface area contributed by atoms with Crippen molar-refractivity contribution in [1.82, 2.24) is 0 Å². The molecule has 0 aromatic heterocycles. The van der Waals surface area contributed by atoms with E-state index in [4.69, 9.17) is 15.4 Å². The molecule has 0 aromatic rings. The number of allylic oxidation sites excluding steroid dienone is 1. The smallest absolute Gasteiger partial charge is 0.204 e. The molecule has 0 saturated carbocycles. The van der Waals surface area contributed by atoms with Gasteiger partial charge >= 0.3 is 0 Å². The zero-order valence-electron chi connectivity index (χ0n) is 5.49. The molecule has 0 bridgehead atoms. The molecule has 0 heterocycles. The summed E-state index contributed by atoms with van der Waals surface area (Å²) in [5.74, 6) is 0. The molecule has 0 amide bonds. The Balaban J connectivity index is 0. The van der Waals surface area contributed by atoms with E-state index in [1.165, 1.54) is 12.5 Å². The van der Waals surface area contributed by atoms with Crippen molar-refractivity contribution < 1.29 is 4.92 Å². The van der Waals surface area contributed by atoms with E-state index in [9.17, 15) is 0 Å². The second kappa shape index (κ2) is 10.6. The largest absolute Gasteiger partial charge is 0.265 e. The van der Waals surface area contributed by atoms with Gasteiger partial charge in [0.1, 0.15) is 0 Å². The maximum atomic E-state index is 9.11. The molecule has 0 unspecified atom stereocenters. The van der Waals surface area contributed by atoms with Crippen molar-refractivity contribution in [2.75, 3.05) is 6.54 Å². The number of rotatable bonds is 2. The third-order valence-electron chi connectivity index (χ3n) is 0.375. The summed E-state index contributed by atoms with van der Waals surface area (Å²) in [7, 11) is 0. The lowest BCUT2D eigenvalue weighted by Gasteiger charge is -1.73. The van der Waals surface area contributed by atoms with Crippen molar-refractivity contribution in [3.05, 3.63) is 36.1 Å². The van der Waals surface area contributed by atoms with Gasteiger partial charge in [-0.05, 0) is 0 Å². The van der Waals surface area contributed by atoms with Crippen LogP contribution in [-0.4, -0.2) is 11.5 Å². The summed E-state index contributed by atoms with van der Waals surface area (Å²) >= 11 is 0. The van der Waals surface area contributed by atoms with E-state index in [0.717, 1.165) is 0 Å². The Morgan fingerprint density at radius 3 is 2.20 bits per heavy atom. The van der Waals surface area contributed by atoms with Crippen LogP contribution in [0.25, 0.3) is 0 Å². The second-order valence-electron chi connectivity index (χ2n) is 1.09. The molecule has 10 heavy (non-hydrogen) atoms. The summed E-state index contributed by atoms with van der Waals surface area (Å²) in [6.45, 7) is 6.04. The molecule has 54 valence electrons. The lowest BCUT2D eigenvalue weighted by atomic mass is 10.5. The molecule has 0 aromatic carbocycles. The van der Waals surface area contributed by atoms with Crippen LogP contribution in [-0.2, 0) is 0 Å². The zero-order valence-corrected chi connectivity index (χ0v) is 5.49. The van der Waals surface area contributed by atoms with Gasteiger partial charge in [-0.3, -0.25) is 10.1 Å². The zero-order chi connectivity index (χ0) is 8.41. The molecule has 2 radical (unpaired) electrons. The Labute approximate surface area is 59.9 Å². The highest BCUT2D eigenvalue weighted by atomic mass is 16.6. The predicted octanol–water partition coefficient (Wildman–Crippen LogP) is 0.997. The first-order chi connectivity index (χ1) is 4.68. The molecule has 0 aliphatic carbocycles. The Hall–Kier alpha value is -1.37. The fourth-order valence-corrected chi connectivity index (χ4v) is 0.0527. The number of hydrogen-bond acceptors (Lipinski definition) is 3. The molecule has 4 heteroatoms. The number of nitro groups is 1. The SMILES string of the molecule is C=C[CH]C#N.[CH2]C[N+](=O)[O-]. The third kappa shape index (κ3) is 30.4. The minimum atomic E-state index is -0.486. The monoisotopic (exact) mass is 140 g/mol. The minimum absolute atomic E-state index is 0.222. The van der Waals surface area contributed by atoms with Crippen molar-refractivity contribution in [3.8, 4) is 6.07 Å². The lowest BCUT2D eigenvalue weighted by Crippen LogP contribution is -1.92. The van der Waals surface area contributed by atoms with Gasteiger partial charge in [-0.2, -0.15) is 5.26 Å². The van der Waals surface area contributed by atoms with E-state index >= 15 is 0 Å². The molecule has 0 aliphatic rings. The fourth-order valence-electron chi connectivity index (χ4n) is 0.0527. The van der Waals surface area contributed by atoms with Crippen LogP contribution in [0.5, 0.6) is 0 Å². The average molecular weight is 140 g/mol. The van der Waals surface area contributed by atoms with Gasteiger partial charge in [0.2, 0.25) is 6.54 Å². The first-order valence-corrected chi connectivity index (χ1v) is 2.44. The van der Waals surface area contributed by atoms with Crippen molar-refractivity contribution >= 4 is 0 Å². The molecule has 0 spiro atoms. The van der Waals surface area contributed by atoms with Gasteiger partial charge in [-0.1, -0.05) is 6.08 Å². The quantitative estimate of drug-likeness (QED) is 0.424. The standard InChI is InChI=1S/C4H4N.C2H4NO2/c1-2-3-4-5;1-2-3(4)5/h2-3H,1H2;1-2H2. The van der Waals surface area contributed by atoms with Gasteiger partial charge in [0, 0.05) is 11.8 Å². The maximum absolute atomic E-state index is 9.11. The van der Waals surface area contributed by atoms with Crippen molar-refractivity contribution in [3.63, 3.8) is 0 Å². The van der Waals surface area contributed by atoms with Crippen LogP contribution in [0.1, 0.15) is 0 Å². The topological polar surface area (TPSA) is 66.9 Å². The number of nitrogens with zero attached hydrogens (tertiary/aromatic N) is 2. The van der Waals surface area contributed by atoms with Gasteiger partial charge < -0.3 is 0 Å².